The van der Waals surface area contributed by atoms with Gasteiger partial charge in [-0.05, 0) is 58.1 Å². The minimum Gasteiger partial charge on any atom is -0.455 e. The van der Waals surface area contributed by atoms with Crippen LogP contribution >= 0.6 is 11.3 Å². The van der Waals surface area contributed by atoms with Gasteiger partial charge in [-0.25, -0.2) is 15.0 Å². The molecule has 1 aliphatic heterocycles. The van der Waals surface area contributed by atoms with Crippen LogP contribution in [0.5, 0.6) is 0 Å². The molecule has 0 aliphatic carbocycles. The quantitative estimate of drug-likeness (QED) is 0.177. The fourth-order valence-electron chi connectivity index (χ4n) is 10.1. The van der Waals surface area contributed by atoms with Gasteiger partial charge in [0, 0.05) is 63.8 Å². The van der Waals surface area contributed by atoms with Crippen molar-refractivity contribution in [3.63, 3.8) is 0 Å². The Bertz CT molecular complexity index is 3930. The van der Waals surface area contributed by atoms with Crippen molar-refractivity contribution in [2.75, 3.05) is 4.90 Å². The molecule has 0 saturated heterocycles. The summed E-state index contributed by atoms with van der Waals surface area (Å²) < 4.78 is 8.97. The van der Waals surface area contributed by atoms with Crippen molar-refractivity contribution in [1.29, 1.82) is 0 Å². The van der Waals surface area contributed by atoms with Crippen molar-refractivity contribution in [1.82, 2.24) is 15.0 Å². The summed E-state index contributed by atoms with van der Waals surface area (Å²) in [7, 11) is 0. The molecule has 5 nitrogen and oxygen atoms in total. The van der Waals surface area contributed by atoms with E-state index in [1.54, 1.807) is 11.3 Å². The summed E-state index contributed by atoms with van der Waals surface area (Å²) in [5.74, 6) is 1.78. The molecule has 0 saturated carbocycles. The minimum atomic E-state index is 0.561. The zero-order valence-electron chi connectivity index (χ0n) is 33.6. The molecule has 0 amide bonds. The summed E-state index contributed by atoms with van der Waals surface area (Å²) in [5, 5.41) is 11.5. The van der Waals surface area contributed by atoms with Crippen LogP contribution in [0.2, 0.25) is 0 Å². The van der Waals surface area contributed by atoms with E-state index < -0.39 is 0 Å². The lowest BCUT2D eigenvalue weighted by Crippen LogP contribution is -2.16. The molecule has 0 spiro atoms. The first-order valence-electron chi connectivity index (χ1n) is 21.2. The monoisotopic (exact) mass is 820 g/mol. The van der Waals surface area contributed by atoms with Crippen LogP contribution in [0, 0.1) is 0 Å². The Labute approximate surface area is 364 Å². The van der Waals surface area contributed by atoms with Crippen LogP contribution < -0.4 is 4.90 Å². The number of para-hydroxylation sites is 2. The maximum atomic E-state index is 6.60. The van der Waals surface area contributed by atoms with Crippen LogP contribution in [-0.4, -0.2) is 15.0 Å². The van der Waals surface area contributed by atoms with E-state index >= 15 is 0 Å². The van der Waals surface area contributed by atoms with Gasteiger partial charge >= 0.3 is 0 Å². The van der Waals surface area contributed by atoms with Crippen molar-refractivity contribution >= 4 is 103 Å². The summed E-state index contributed by atoms with van der Waals surface area (Å²) in [4.78, 5) is 18.6. The van der Waals surface area contributed by atoms with Gasteiger partial charge in [-0.2, -0.15) is 0 Å². The highest BCUT2D eigenvalue weighted by Crippen LogP contribution is 2.54. The molecule has 3 aromatic heterocycles. The molecule has 13 aromatic rings. The van der Waals surface area contributed by atoms with Crippen molar-refractivity contribution in [2.24, 2.45) is 0 Å². The molecular weight excluding hydrogens is 789 g/mol. The summed E-state index contributed by atoms with van der Waals surface area (Å²) in [5.41, 5.74) is 10.2. The Morgan fingerprint density at radius 3 is 1.84 bits per heavy atom. The van der Waals surface area contributed by atoms with Crippen molar-refractivity contribution in [2.45, 2.75) is 0 Å². The third-order valence-electron chi connectivity index (χ3n) is 12.8. The lowest BCUT2D eigenvalue weighted by Gasteiger charge is -2.35. The topological polar surface area (TPSA) is 55.1 Å². The molecule has 0 N–H and O–H groups in total. The van der Waals surface area contributed by atoms with Gasteiger partial charge in [0.05, 0.1) is 22.6 Å². The summed E-state index contributed by atoms with van der Waals surface area (Å²) in [6, 6.07) is 69.2. The zero-order chi connectivity index (χ0) is 41.2. The second kappa shape index (κ2) is 13.2. The van der Waals surface area contributed by atoms with E-state index in [9.17, 15) is 0 Å². The van der Waals surface area contributed by atoms with Gasteiger partial charge in [0.1, 0.15) is 11.2 Å². The van der Waals surface area contributed by atoms with Crippen LogP contribution in [0.15, 0.2) is 199 Å². The van der Waals surface area contributed by atoms with Crippen LogP contribution in [0.25, 0.3) is 120 Å². The molecule has 0 unspecified atom stereocenters. The first-order valence-corrected chi connectivity index (χ1v) is 22.0. The number of furan rings is 1. The van der Waals surface area contributed by atoms with E-state index in [4.69, 9.17) is 19.4 Å². The van der Waals surface area contributed by atoms with Crippen LogP contribution in [0.1, 0.15) is 0 Å². The SMILES string of the molecule is c1ccc2c3c(ccc2c1)-c1cccc2cccc(c12)N3c1cccc2c(-c3nc(-c4cccc5c4oc4ccccc45)nc(-c4cccc5c4sc4ccccc45)n3)cccc12. The molecule has 14 rings (SSSR count). The van der Waals surface area contributed by atoms with E-state index in [0.29, 0.717) is 17.5 Å². The van der Waals surface area contributed by atoms with Crippen molar-refractivity contribution in [3.8, 4) is 45.3 Å². The number of hydrogen-bond donors (Lipinski definition) is 0. The molecule has 0 atom stereocenters. The highest BCUT2D eigenvalue weighted by Gasteiger charge is 2.29. The predicted molar refractivity (Wildman–Crippen MR) is 262 cm³/mol. The lowest BCUT2D eigenvalue weighted by atomic mass is 9.88. The first-order chi connectivity index (χ1) is 31.2. The summed E-state index contributed by atoms with van der Waals surface area (Å²) in [6.45, 7) is 0. The molecule has 0 fully saturated rings. The average Bonchev–Trinajstić information content (AvgIpc) is 3.93. The Hall–Kier alpha value is -8.19. The standard InChI is InChI=1S/C57H32N4OS/c1-2-16-35-33(13-1)31-32-41-40-21-7-14-34-15-8-28-48(51(34)40)61(52(35)41)47-27-12-19-36-37(47)20-9-24-44(36)55-58-56(45-25-10-22-42-38-17-3-5-29-49(38)62-53(42)45)60-57(59-55)46-26-11-23-43-39-18-4-6-30-50(39)63-54(43)46/h1-32H. The smallest absolute Gasteiger partial charge is 0.167 e. The number of anilines is 3. The van der Waals surface area contributed by atoms with E-state index in [-0.39, 0.29) is 0 Å². The molecular formula is C57H32N4OS. The van der Waals surface area contributed by atoms with Crippen LogP contribution in [0.4, 0.5) is 17.1 Å². The molecule has 6 heteroatoms. The number of thiophene rings is 1. The predicted octanol–water partition coefficient (Wildman–Crippen LogP) is 16.0. The third-order valence-corrected chi connectivity index (χ3v) is 14.1. The highest BCUT2D eigenvalue weighted by atomic mass is 32.1. The number of rotatable bonds is 4. The Balaban J connectivity index is 1.04. The summed E-state index contributed by atoms with van der Waals surface area (Å²) >= 11 is 1.78. The second-order valence-corrected chi connectivity index (χ2v) is 17.3. The lowest BCUT2D eigenvalue weighted by molar-refractivity contribution is 0.669. The Morgan fingerprint density at radius 2 is 0.952 bits per heavy atom. The van der Waals surface area contributed by atoms with Crippen molar-refractivity contribution in [3.05, 3.63) is 194 Å². The second-order valence-electron chi connectivity index (χ2n) is 16.2. The van der Waals surface area contributed by atoms with Crippen LogP contribution in [-0.2, 0) is 0 Å². The normalized spacial score (nSPS) is 12.4. The fourth-order valence-corrected chi connectivity index (χ4v) is 11.3. The first kappa shape index (κ1) is 34.5. The highest BCUT2D eigenvalue weighted by molar-refractivity contribution is 7.26. The molecule has 4 heterocycles. The summed E-state index contributed by atoms with van der Waals surface area (Å²) in [6.07, 6.45) is 0. The number of aromatic nitrogens is 3. The Morgan fingerprint density at radius 1 is 0.365 bits per heavy atom. The molecule has 63 heavy (non-hydrogen) atoms. The number of benzene rings is 10. The average molecular weight is 821 g/mol. The van der Waals surface area contributed by atoms with Gasteiger partial charge in [-0.1, -0.05) is 158 Å². The van der Waals surface area contributed by atoms with Gasteiger partial charge in [0.2, 0.25) is 0 Å². The van der Waals surface area contributed by atoms with Crippen molar-refractivity contribution < 1.29 is 4.42 Å². The molecule has 1 aliphatic rings. The molecule has 10 aromatic carbocycles. The third kappa shape index (κ3) is 5.01. The van der Waals surface area contributed by atoms with Gasteiger partial charge in [-0.3, -0.25) is 0 Å². The Kier molecular flexibility index (Phi) is 7.21. The molecule has 0 radical (unpaired) electrons. The number of fused-ring (bicyclic) bond motifs is 11. The number of nitrogens with zero attached hydrogens (tertiary/aromatic N) is 4. The van der Waals surface area contributed by atoms with E-state index in [1.165, 1.54) is 53.8 Å². The molecule has 292 valence electrons. The maximum Gasteiger partial charge on any atom is 0.167 e. The van der Waals surface area contributed by atoms with E-state index in [0.717, 1.165) is 65.5 Å². The fraction of sp³-hybridized carbons (Fsp3) is 0. The van der Waals surface area contributed by atoms with E-state index in [2.05, 4.69) is 181 Å². The molecule has 0 bridgehead atoms. The van der Waals surface area contributed by atoms with Gasteiger partial charge in [-0.15, -0.1) is 11.3 Å². The van der Waals surface area contributed by atoms with Crippen LogP contribution in [0.3, 0.4) is 0 Å². The largest absolute Gasteiger partial charge is 0.455 e. The van der Waals surface area contributed by atoms with E-state index in [1.807, 2.05) is 18.2 Å². The van der Waals surface area contributed by atoms with Gasteiger partial charge in [0.25, 0.3) is 0 Å². The zero-order valence-corrected chi connectivity index (χ0v) is 34.4. The maximum absolute atomic E-state index is 6.60. The van der Waals surface area contributed by atoms with Gasteiger partial charge in [0.15, 0.2) is 17.5 Å². The van der Waals surface area contributed by atoms with Gasteiger partial charge < -0.3 is 9.32 Å². The number of hydrogen-bond acceptors (Lipinski definition) is 6. The minimum absolute atomic E-state index is 0.561.